The Bertz CT molecular complexity index is 1460. The number of fused-ring (bicyclic) bond motifs is 5. The van der Waals surface area contributed by atoms with Gasteiger partial charge in [0.25, 0.3) is 0 Å². The van der Waals surface area contributed by atoms with Crippen LogP contribution in [-0.4, -0.2) is 44.2 Å². The summed E-state index contributed by atoms with van der Waals surface area (Å²) in [5.41, 5.74) is 11.4. The minimum absolute atomic E-state index is 0.131. The van der Waals surface area contributed by atoms with Crippen LogP contribution < -0.4 is 0 Å². The topological polar surface area (TPSA) is 3.24 Å². The third kappa shape index (κ3) is 12.5. The largest absolute Gasteiger partial charge is 0.257 e. The normalized spacial score (nSPS) is 22.2. The highest BCUT2D eigenvalue weighted by Gasteiger charge is 2.59. The fourth-order valence-electron chi connectivity index (χ4n) is 14.5. The third-order valence-corrected chi connectivity index (χ3v) is 21.2. The summed E-state index contributed by atoms with van der Waals surface area (Å²) >= 11 is 0. The van der Waals surface area contributed by atoms with Crippen molar-refractivity contribution in [2.75, 3.05) is 21.1 Å². The van der Waals surface area contributed by atoms with Gasteiger partial charge in [0.15, 0.2) is 8.24 Å². The second-order valence-corrected chi connectivity index (χ2v) is 28.0. The zero-order valence-electron chi connectivity index (χ0n) is 42.2. The lowest BCUT2D eigenvalue weighted by molar-refractivity contribution is -0.978. The molecule has 4 aliphatic carbocycles. The molecule has 4 aliphatic rings. The van der Waals surface area contributed by atoms with Crippen LogP contribution in [0.5, 0.6) is 0 Å². The Labute approximate surface area is 376 Å². The lowest BCUT2D eigenvalue weighted by Gasteiger charge is -2.55. The van der Waals surface area contributed by atoms with Crippen LogP contribution >= 0.6 is 0 Å². The van der Waals surface area contributed by atoms with Crippen molar-refractivity contribution in [2.45, 2.75) is 264 Å². The lowest BCUT2D eigenvalue weighted by Crippen LogP contribution is -2.72. The molecule has 5 rings (SSSR count). The predicted molar refractivity (Wildman–Crippen MR) is 269 cm³/mol. The van der Waals surface area contributed by atoms with E-state index in [1.807, 2.05) is 5.57 Å². The smallest absolute Gasteiger partial charge is 0.191 e. The van der Waals surface area contributed by atoms with E-state index < -0.39 is 8.24 Å². The first-order valence-corrected chi connectivity index (χ1v) is 29.9. The summed E-state index contributed by atoms with van der Waals surface area (Å²) in [6, 6.07) is 5.56. The highest BCUT2D eigenvalue weighted by molar-refractivity contribution is 6.76. The Balaban J connectivity index is 1.37. The van der Waals surface area contributed by atoms with Crippen molar-refractivity contribution in [3.8, 4) is 0 Å². The van der Waals surface area contributed by atoms with E-state index in [2.05, 4.69) is 105 Å². The van der Waals surface area contributed by atoms with E-state index in [0.717, 1.165) is 16.1 Å². The standard InChI is InChI=1S/C57H101N2Si/c1-12-14-16-18-20-22-24-26-28-30-32-34-39-57(40-35-33-31-29-27-25-23-21-19-17-15-13-2)53-44-48-38-36-37-47(48)42-51(53)52-43-49-41-46(3)55(50(49)45-54(52)57)60(10,11)58(56(4,5)6)59(7,8)9/h42-46,49-50,55H,12-41H2,1-11H3/q+1. The van der Waals surface area contributed by atoms with Crippen LogP contribution in [-0.2, 0) is 18.3 Å². The zero-order valence-corrected chi connectivity index (χ0v) is 43.2. The molecule has 4 unspecified atom stereocenters. The van der Waals surface area contributed by atoms with Gasteiger partial charge in [0.05, 0.1) is 26.7 Å². The van der Waals surface area contributed by atoms with Gasteiger partial charge in [-0.1, -0.05) is 212 Å². The molecule has 60 heavy (non-hydrogen) atoms. The van der Waals surface area contributed by atoms with Gasteiger partial charge < -0.3 is 0 Å². The van der Waals surface area contributed by atoms with Gasteiger partial charge in [0, 0.05) is 5.41 Å². The number of benzene rings is 1. The third-order valence-electron chi connectivity index (χ3n) is 16.3. The number of hydrogen-bond acceptors (Lipinski definition) is 1. The van der Waals surface area contributed by atoms with Gasteiger partial charge in [0.1, 0.15) is 0 Å². The highest BCUT2D eigenvalue weighted by Crippen LogP contribution is 2.63. The monoisotopic (exact) mass is 842 g/mol. The molecule has 3 heteroatoms. The second kappa shape index (κ2) is 23.2. The quantitative estimate of drug-likeness (QED) is 0.0336. The van der Waals surface area contributed by atoms with Crippen LogP contribution in [0.1, 0.15) is 244 Å². The van der Waals surface area contributed by atoms with E-state index in [4.69, 9.17) is 0 Å². The maximum absolute atomic E-state index is 3.02. The summed E-state index contributed by atoms with van der Waals surface area (Å²) in [6.45, 7) is 20.3. The van der Waals surface area contributed by atoms with Gasteiger partial charge in [-0.15, -0.1) is 0 Å². The molecule has 0 bridgehead atoms. The molecule has 0 aromatic heterocycles. The fourth-order valence-corrected chi connectivity index (χ4v) is 20.8. The van der Waals surface area contributed by atoms with Crippen LogP contribution in [0, 0.1) is 17.8 Å². The SMILES string of the molecule is CCCCCCCCCCCCCCC1(CCCCCCCCCCCCCC)C2=CC3C(C=C2c2cc4c(cc21)CCC4)CC(C)C3[Si](C)(C)N(C(C)(C)C)[N+](C)(C)C. The zero-order chi connectivity index (χ0) is 43.4. The molecule has 1 aromatic carbocycles. The molecule has 4 atom stereocenters. The molecule has 342 valence electrons. The molecular weight excluding hydrogens is 741 g/mol. The van der Waals surface area contributed by atoms with Crippen molar-refractivity contribution in [3.05, 3.63) is 52.1 Å². The number of nitrogens with zero attached hydrogens (tertiary/aromatic N) is 2. The number of quaternary nitrogens is 1. The maximum Gasteiger partial charge on any atom is 0.191 e. The Morgan fingerprint density at radius 1 is 0.633 bits per heavy atom. The number of allylic oxidation sites excluding steroid dienone is 4. The van der Waals surface area contributed by atoms with Gasteiger partial charge in [-0.2, -0.15) is 4.67 Å². The number of aryl methyl sites for hydroxylation is 2. The number of rotatable bonds is 29. The number of hydrogen-bond donors (Lipinski definition) is 0. The molecule has 0 heterocycles. The molecule has 1 fully saturated rings. The minimum Gasteiger partial charge on any atom is -0.257 e. The van der Waals surface area contributed by atoms with E-state index in [9.17, 15) is 0 Å². The molecule has 0 amide bonds. The number of unbranched alkanes of at least 4 members (excludes halogenated alkanes) is 22. The van der Waals surface area contributed by atoms with Crippen molar-refractivity contribution in [1.82, 2.24) is 4.67 Å². The van der Waals surface area contributed by atoms with E-state index in [1.165, 1.54) is 193 Å². The molecule has 0 saturated heterocycles. The van der Waals surface area contributed by atoms with Gasteiger partial charge in [-0.05, 0) is 116 Å². The van der Waals surface area contributed by atoms with E-state index >= 15 is 0 Å². The summed E-state index contributed by atoms with van der Waals surface area (Å²) in [7, 11) is 5.41. The predicted octanol–water partition coefficient (Wildman–Crippen LogP) is 17.5. The summed E-state index contributed by atoms with van der Waals surface area (Å²) in [6.07, 6.45) is 48.3. The van der Waals surface area contributed by atoms with Crippen molar-refractivity contribution in [3.63, 3.8) is 0 Å². The van der Waals surface area contributed by atoms with Gasteiger partial charge in [-0.3, -0.25) is 4.59 Å². The van der Waals surface area contributed by atoms with E-state index in [-0.39, 0.29) is 11.0 Å². The van der Waals surface area contributed by atoms with Crippen LogP contribution in [0.2, 0.25) is 18.6 Å². The summed E-state index contributed by atoms with van der Waals surface area (Å²) in [4.78, 5) is 0. The van der Waals surface area contributed by atoms with Gasteiger partial charge in [0.2, 0.25) is 0 Å². The summed E-state index contributed by atoms with van der Waals surface area (Å²) in [5.74, 6) is 2.11. The first kappa shape index (κ1) is 49.8. The first-order chi connectivity index (χ1) is 28.7. The average molecular weight is 843 g/mol. The Hall–Kier alpha value is -1.16. The molecule has 0 aliphatic heterocycles. The molecule has 0 N–H and O–H groups in total. The average Bonchev–Trinajstić information content (AvgIpc) is 3.84. The summed E-state index contributed by atoms with van der Waals surface area (Å²) < 4.78 is 3.92. The van der Waals surface area contributed by atoms with Crippen LogP contribution in [0.3, 0.4) is 0 Å². The van der Waals surface area contributed by atoms with Crippen LogP contribution in [0.15, 0.2) is 29.9 Å². The first-order valence-electron chi connectivity index (χ1n) is 26.9. The van der Waals surface area contributed by atoms with Crippen LogP contribution in [0.4, 0.5) is 0 Å². The summed E-state index contributed by atoms with van der Waals surface area (Å²) in [5, 5.41) is 0. The minimum atomic E-state index is -1.91. The Kier molecular flexibility index (Phi) is 19.2. The fraction of sp³-hybridized carbons (Fsp3) is 0.825. The Morgan fingerprint density at radius 2 is 1.07 bits per heavy atom. The van der Waals surface area contributed by atoms with Crippen molar-refractivity contribution >= 4 is 13.8 Å². The molecule has 1 saturated carbocycles. The maximum atomic E-state index is 3.02. The molecule has 1 aromatic rings. The lowest BCUT2D eigenvalue weighted by atomic mass is 9.68. The highest BCUT2D eigenvalue weighted by atomic mass is 28.3. The molecule has 0 spiro atoms. The molecular formula is C57H101N2Si+. The van der Waals surface area contributed by atoms with Gasteiger partial charge >= 0.3 is 0 Å². The van der Waals surface area contributed by atoms with Gasteiger partial charge in [-0.25, -0.2) is 0 Å². The van der Waals surface area contributed by atoms with E-state index in [1.54, 1.807) is 27.8 Å². The van der Waals surface area contributed by atoms with E-state index in [0.29, 0.717) is 11.8 Å². The van der Waals surface area contributed by atoms with Crippen molar-refractivity contribution in [2.24, 2.45) is 17.8 Å². The molecule has 0 radical (unpaired) electrons. The van der Waals surface area contributed by atoms with Crippen LogP contribution in [0.25, 0.3) is 5.57 Å². The molecule has 2 nitrogen and oxygen atoms in total. The second-order valence-electron chi connectivity index (χ2n) is 23.6. The van der Waals surface area contributed by atoms with Crippen molar-refractivity contribution < 1.29 is 4.59 Å². The van der Waals surface area contributed by atoms with Crippen molar-refractivity contribution in [1.29, 1.82) is 0 Å². The Morgan fingerprint density at radius 3 is 1.50 bits per heavy atom.